The Morgan fingerprint density at radius 2 is 1.88 bits per heavy atom. The highest BCUT2D eigenvalue weighted by Gasteiger charge is 2.12. The predicted molar refractivity (Wildman–Crippen MR) is 106 cm³/mol. The van der Waals surface area contributed by atoms with E-state index in [9.17, 15) is 4.79 Å². The van der Waals surface area contributed by atoms with E-state index in [0.717, 1.165) is 5.56 Å². The van der Waals surface area contributed by atoms with Crippen LogP contribution in [0, 0.1) is 0 Å². The van der Waals surface area contributed by atoms with Gasteiger partial charge in [-0.25, -0.2) is 0 Å². The Hall–Kier alpha value is -2.02. The van der Waals surface area contributed by atoms with Crippen molar-refractivity contribution in [3.8, 4) is 5.75 Å². The zero-order valence-corrected chi connectivity index (χ0v) is 16.6. The zero-order chi connectivity index (χ0) is 18.5. The van der Waals surface area contributed by atoms with Gasteiger partial charge in [0, 0.05) is 11.2 Å². The lowest BCUT2D eigenvalue weighted by atomic mass is 10.2. The van der Waals surface area contributed by atoms with Crippen LogP contribution in [0.5, 0.6) is 5.75 Å². The smallest absolute Gasteiger partial charge is 0.263 e. The van der Waals surface area contributed by atoms with Crippen molar-refractivity contribution in [3.05, 3.63) is 74.8 Å². The second kappa shape index (κ2) is 8.58. The second-order valence-corrected chi connectivity index (χ2v) is 7.11. The molecule has 0 saturated carbocycles. The highest BCUT2D eigenvalue weighted by molar-refractivity contribution is 9.10. The van der Waals surface area contributed by atoms with Crippen molar-refractivity contribution >= 4 is 50.9 Å². The van der Waals surface area contributed by atoms with Crippen LogP contribution in [-0.4, -0.2) is 22.3 Å². The van der Waals surface area contributed by atoms with Gasteiger partial charge < -0.3 is 10.1 Å². The lowest BCUT2D eigenvalue weighted by Crippen LogP contribution is -2.21. The molecule has 0 bridgehead atoms. The number of para-hydroxylation sites is 1. The zero-order valence-electron chi connectivity index (χ0n) is 13.5. The maximum atomic E-state index is 12.1. The van der Waals surface area contributed by atoms with Gasteiger partial charge in [-0.2, -0.15) is 5.10 Å². The van der Waals surface area contributed by atoms with Crippen molar-refractivity contribution in [2.75, 3.05) is 11.9 Å². The Bertz CT molecular complexity index is 913. The molecule has 3 aromatic rings. The number of nitrogens with one attached hydrogen (secondary N) is 1. The second-order valence-electron chi connectivity index (χ2n) is 5.42. The summed E-state index contributed by atoms with van der Waals surface area (Å²) >= 11 is 15.3. The lowest BCUT2D eigenvalue weighted by Gasteiger charge is -2.07. The first-order chi connectivity index (χ1) is 12.5. The van der Waals surface area contributed by atoms with Crippen LogP contribution in [0.25, 0.3) is 0 Å². The van der Waals surface area contributed by atoms with Crippen LogP contribution in [0.1, 0.15) is 5.56 Å². The van der Waals surface area contributed by atoms with Crippen molar-refractivity contribution < 1.29 is 9.53 Å². The first-order valence-electron chi connectivity index (χ1n) is 7.66. The third kappa shape index (κ3) is 5.00. The first-order valence-corrected chi connectivity index (χ1v) is 9.21. The van der Waals surface area contributed by atoms with Crippen molar-refractivity contribution in [1.29, 1.82) is 0 Å². The number of anilines is 1. The van der Waals surface area contributed by atoms with E-state index in [0.29, 0.717) is 32.6 Å². The van der Waals surface area contributed by atoms with Crippen molar-refractivity contribution in [1.82, 2.24) is 9.78 Å². The summed E-state index contributed by atoms with van der Waals surface area (Å²) in [6.07, 6.45) is 1.79. The molecular weight excluding hydrogens is 441 g/mol. The minimum absolute atomic E-state index is 0.166. The van der Waals surface area contributed by atoms with Crippen LogP contribution in [-0.2, 0) is 11.3 Å². The third-order valence-electron chi connectivity index (χ3n) is 3.43. The molecule has 0 fully saturated rings. The molecule has 26 heavy (non-hydrogen) atoms. The summed E-state index contributed by atoms with van der Waals surface area (Å²) in [7, 11) is 0. The van der Waals surface area contributed by atoms with Crippen molar-refractivity contribution in [2.24, 2.45) is 0 Å². The minimum Gasteiger partial charge on any atom is -0.482 e. The Morgan fingerprint density at radius 3 is 2.62 bits per heavy atom. The molecule has 0 aliphatic heterocycles. The molecule has 1 heterocycles. The molecule has 0 aliphatic rings. The summed E-state index contributed by atoms with van der Waals surface area (Å²) in [5, 5.41) is 8.21. The number of hydrogen-bond donors (Lipinski definition) is 1. The number of carbonyl (C=O) groups is 1. The molecule has 5 nitrogen and oxygen atoms in total. The largest absolute Gasteiger partial charge is 0.482 e. The fourth-order valence-corrected chi connectivity index (χ4v) is 2.94. The Kier molecular flexibility index (Phi) is 6.19. The molecule has 8 heteroatoms. The number of aromatic nitrogens is 2. The molecule has 1 aromatic heterocycles. The number of rotatable bonds is 6. The fourth-order valence-electron chi connectivity index (χ4n) is 2.21. The van der Waals surface area contributed by atoms with Crippen LogP contribution < -0.4 is 10.1 Å². The molecule has 0 atom stereocenters. The van der Waals surface area contributed by atoms with E-state index in [4.69, 9.17) is 27.9 Å². The van der Waals surface area contributed by atoms with E-state index in [-0.39, 0.29) is 12.5 Å². The topological polar surface area (TPSA) is 56.1 Å². The van der Waals surface area contributed by atoms with Gasteiger partial charge in [0.15, 0.2) is 12.4 Å². The van der Waals surface area contributed by atoms with E-state index in [1.165, 1.54) is 0 Å². The molecule has 0 saturated heterocycles. The molecule has 2 aromatic carbocycles. The summed E-state index contributed by atoms with van der Waals surface area (Å²) in [6, 6.07) is 14.5. The number of ether oxygens (including phenoxy) is 1. The van der Waals surface area contributed by atoms with Gasteiger partial charge >= 0.3 is 0 Å². The molecule has 3 rings (SSSR count). The van der Waals surface area contributed by atoms with Crippen molar-refractivity contribution in [3.63, 3.8) is 0 Å². The summed E-state index contributed by atoms with van der Waals surface area (Å²) in [5.74, 6) is 0.547. The van der Waals surface area contributed by atoms with E-state index < -0.39 is 0 Å². The van der Waals surface area contributed by atoms with Gasteiger partial charge in [-0.05, 0) is 45.8 Å². The SMILES string of the molecule is O=C(COc1ccccc1Cl)Nc1nn(Cc2ccc(Cl)cc2)cc1Br. The molecule has 0 radical (unpaired) electrons. The standard InChI is InChI=1S/C18H14BrCl2N3O2/c19-14-10-24(9-12-5-7-13(20)8-6-12)23-18(14)22-17(25)11-26-16-4-2-1-3-15(16)21/h1-8,10H,9,11H2,(H,22,23,25). The predicted octanol–water partition coefficient (Wildman–Crippen LogP) is 5.02. The van der Waals surface area contributed by atoms with Gasteiger partial charge in [0.1, 0.15) is 5.75 Å². The summed E-state index contributed by atoms with van der Waals surface area (Å²) < 4.78 is 7.82. The van der Waals surface area contributed by atoms with Crippen molar-refractivity contribution in [2.45, 2.75) is 6.54 Å². The maximum Gasteiger partial charge on any atom is 0.263 e. The van der Waals surface area contributed by atoms with Crippen LogP contribution in [0.3, 0.4) is 0 Å². The molecule has 134 valence electrons. The average molecular weight is 455 g/mol. The normalized spacial score (nSPS) is 10.6. The van der Waals surface area contributed by atoms with Gasteiger partial charge in [-0.1, -0.05) is 47.5 Å². The van der Waals surface area contributed by atoms with E-state index in [1.807, 2.05) is 24.3 Å². The van der Waals surface area contributed by atoms with Crippen LogP contribution in [0.2, 0.25) is 10.0 Å². The fraction of sp³-hybridized carbons (Fsp3) is 0.111. The van der Waals surface area contributed by atoms with Gasteiger partial charge in [-0.15, -0.1) is 0 Å². The van der Waals surface area contributed by atoms with Gasteiger partial charge in [0.2, 0.25) is 0 Å². The molecule has 1 amide bonds. The molecule has 0 aliphatic carbocycles. The maximum absolute atomic E-state index is 12.1. The summed E-state index contributed by atoms with van der Waals surface area (Å²) in [5.41, 5.74) is 1.05. The number of benzene rings is 2. The highest BCUT2D eigenvalue weighted by atomic mass is 79.9. The summed E-state index contributed by atoms with van der Waals surface area (Å²) in [6.45, 7) is 0.391. The molecule has 1 N–H and O–H groups in total. The number of nitrogens with zero attached hydrogens (tertiary/aromatic N) is 2. The number of halogens is 3. The Morgan fingerprint density at radius 1 is 1.15 bits per heavy atom. The summed E-state index contributed by atoms with van der Waals surface area (Å²) in [4.78, 5) is 12.1. The van der Waals surface area contributed by atoms with Gasteiger partial charge in [0.25, 0.3) is 5.91 Å². The van der Waals surface area contributed by atoms with E-state index in [2.05, 4.69) is 26.3 Å². The molecule has 0 unspecified atom stereocenters. The van der Waals surface area contributed by atoms with Gasteiger partial charge in [-0.3, -0.25) is 9.48 Å². The lowest BCUT2D eigenvalue weighted by molar-refractivity contribution is -0.118. The molecule has 0 spiro atoms. The molecular formula is C18H14BrCl2N3O2. The average Bonchev–Trinajstić information content (AvgIpc) is 2.95. The van der Waals surface area contributed by atoms with Crippen LogP contribution in [0.15, 0.2) is 59.2 Å². The number of hydrogen-bond acceptors (Lipinski definition) is 3. The number of amides is 1. The number of carbonyl (C=O) groups excluding carboxylic acids is 1. The minimum atomic E-state index is -0.331. The monoisotopic (exact) mass is 453 g/mol. The quantitative estimate of drug-likeness (QED) is 0.568. The Labute approximate surface area is 169 Å². The first kappa shape index (κ1) is 18.8. The highest BCUT2D eigenvalue weighted by Crippen LogP contribution is 2.24. The van der Waals surface area contributed by atoms with Crippen LogP contribution in [0.4, 0.5) is 5.82 Å². The van der Waals surface area contributed by atoms with Gasteiger partial charge in [0.05, 0.1) is 16.0 Å². The van der Waals surface area contributed by atoms with E-state index >= 15 is 0 Å². The Balaban J connectivity index is 1.59. The third-order valence-corrected chi connectivity index (χ3v) is 4.57. The van der Waals surface area contributed by atoms with E-state index in [1.54, 1.807) is 35.1 Å². The van der Waals surface area contributed by atoms with Crippen LogP contribution >= 0.6 is 39.1 Å².